The summed E-state index contributed by atoms with van der Waals surface area (Å²) in [7, 11) is -2.28. The van der Waals surface area contributed by atoms with Crippen LogP contribution in [0.2, 0.25) is 0 Å². The molecule has 0 fully saturated rings. The molecule has 7 nitrogen and oxygen atoms in total. The average Bonchev–Trinajstić information content (AvgIpc) is 2.48. The summed E-state index contributed by atoms with van der Waals surface area (Å²) < 4.78 is 27.4. The van der Waals surface area contributed by atoms with Crippen LogP contribution in [0.15, 0.2) is 36.8 Å². The topological polar surface area (TPSA) is 99.4 Å². The number of ether oxygens (including phenoxy) is 1. The Bertz CT molecular complexity index is 626. The van der Waals surface area contributed by atoms with Gasteiger partial charge in [-0.1, -0.05) is 26.0 Å². The van der Waals surface area contributed by atoms with Crippen LogP contribution in [0.3, 0.4) is 0 Å². The smallest absolute Gasteiger partial charge is 0.292 e. The molecule has 0 radical (unpaired) electrons. The zero-order valence-electron chi connectivity index (χ0n) is 12.7. The van der Waals surface area contributed by atoms with E-state index in [0.717, 1.165) is 17.9 Å². The molecule has 0 amide bonds. The van der Waals surface area contributed by atoms with Crippen molar-refractivity contribution in [1.82, 2.24) is 4.98 Å². The predicted octanol–water partition coefficient (Wildman–Crippen LogP) is 3.03. The van der Waals surface area contributed by atoms with Gasteiger partial charge in [-0.05, 0) is 6.42 Å². The number of aromatic nitrogens is 1. The highest BCUT2D eigenvalue weighted by Gasteiger charge is 2.20. The van der Waals surface area contributed by atoms with Gasteiger partial charge in [-0.15, -0.1) is 6.58 Å². The normalized spacial score (nSPS) is 10.1. The van der Waals surface area contributed by atoms with Crippen molar-refractivity contribution < 1.29 is 18.1 Å². The molecule has 0 aliphatic heterocycles. The van der Waals surface area contributed by atoms with E-state index in [4.69, 9.17) is 4.74 Å². The van der Waals surface area contributed by atoms with E-state index >= 15 is 0 Å². The van der Waals surface area contributed by atoms with Crippen LogP contribution < -0.4 is 4.74 Å². The number of nitro groups is 1. The van der Waals surface area contributed by atoms with Gasteiger partial charge in [-0.3, -0.25) is 10.1 Å². The highest BCUT2D eigenvalue weighted by molar-refractivity contribution is 7.93. The second kappa shape index (κ2) is 9.67. The summed E-state index contributed by atoms with van der Waals surface area (Å²) in [4.78, 5) is 13.8. The number of rotatable bonds is 7. The number of sulfone groups is 1. The minimum Gasteiger partial charge on any atom is -0.481 e. The third kappa shape index (κ3) is 6.98. The van der Waals surface area contributed by atoms with Crippen LogP contribution in [-0.4, -0.2) is 25.4 Å². The Labute approximate surface area is 130 Å². The zero-order chi connectivity index (χ0) is 17.2. The maximum absolute atomic E-state index is 11.3. The van der Waals surface area contributed by atoms with Crippen molar-refractivity contribution in [1.29, 1.82) is 0 Å². The maximum atomic E-state index is 11.3. The second-order valence-corrected chi connectivity index (χ2v) is 6.08. The highest BCUT2D eigenvalue weighted by Crippen LogP contribution is 2.22. The van der Waals surface area contributed by atoms with Gasteiger partial charge in [-0.25, -0.2) is 13.4 Å². The van der Waals surface area contributed by atoms with Crippen LogP contribution in [0.4, 0.5) is 5.69 Å². The molecule has 1 heterocycles. The molecule has 8 heteroatoms. The summed E-state index contributed by atoms with van der Waals surface area (Å²) in [5.41, 5.74) is -0.537. The van der Waals surface area contributed by atoms with Crippen LogP contribution in [0, 0.1) is 10.1 Å². The van der Waals surface area contributed by atoms with Gasteiger partial charge in [0.25, 0.3) is 5.69 Å². The molecule has 22 heavy (non-hydrogen) atoms. The monoisotopic (exact) mass is 328 g/mol. The zero-order valence-corrected chi connectivity index (χ0v) is 13.5. The molecule has 0 atom stereocenters. The molecule has 0 aromatic carbocycles. The van der Waals surface area contributed by atoms with E-state index in [1.165, 1.54) is 19.6 Å². The number of pyridine rings is 1. The molecule has 0 bridgehead atoms. The summed E-state index contributed by atoms with van der Waals surface area (Å²) in [6.07, 6.45) is 4.31. The van der Waals surface area contributed by atoms with Crippen molar-refractivity contribution in [2.24, 2.45) is 0 Å². The highest BCUT2D eigenvalue weighted by atomic mass is 32.2. The standard InChI is InChI=1S/C9H10N2O5S.C5H10/c1-3-17(14,15)6-7-8(11(12)13)4-5-9(10-7)16-2;1-3-5-4-2/h3-5H,1,6H2,2H3;3H,1,4-5H2,2H3. The van der Waals surface area contributed by atoms with E-state index in [-0.39, 0.29) is 17.3 Å². The van der Waals surface area contributed by atoms with Gasteiger partial charge in [-0.2, -0.15) is 0 Å². The molecule has 122 valence electrons. The number of allylic oxidation sites excluding steroid dienone is 1. The molecular formula is C14H20N2O5S. The largest absolute Gasteiger partial charge is 0.481 e. The SMILES string of the molecule is C=CCCC.C=CS(=O)(=O)Cc1nc(OC)ccc1[N+](=O)[O-]. The molecule has 0 aliphatic rings. The van der Waals surface area contributed by atoms with Crippen LogP contribution in [0.5, 0.6) is 5.88 Å². The Hall–Kier alpha value is -2.22. The third-order valence-electron chi connectivity index (χ3n) is 2.42. The molecule has 0 spiro atoms. The van der Waals surface area contributed by atoms with Gasteiger partial charge >= 0.3 is 0 Å². The van der Waals surface area contributed by atoms with Crippen LogP contribution in [0.25, 0.3) is 0 Å². The van der Waals surface area contributed by atoms with Crippen LogP contribution in [0.1, 0.15) is 25.5 Å². The van der Waals surface area contributed by atoms with Crippen molar-refractivity contribution in [2.75, 3.05) is 7.11 Å². The first-order chi connectivity index (χ1) is 10.3. The van der Waals surface area contributed by atoms with Gasteiger partial charge in [0.15, 0.2) is 9.84 Å². The molecule has 0 saturated heterocycles. The lowest BCUT2D eigenvalue weighted by atomic mass is 10.3. The number of methoxy groups -OCH3 is 1. The van der Waals surface area contributed by atoms with Gasteiger partial charge in [0.1, 0.15) is 11.4 Å². The maximum Gasteiger partial charge on any atom is 0.292 e. The van der Waals surface area contributed by atoms with Gasteiger partial charge < -0.3 is 4.74 Å². The fourth-order valence-corrected chi connectivity index (χ4v) is 2.03. The lowest BCUT2D eigenvalue weighted by Gasteiger charge is -2.03. The molecule has 0 saturated carbocycles. The number of nitrogens with zero attached hydrogens (tertiary/aromatic N) is 2. The van der Waals surface area contributed by atoms with E-state index in [9.17, 15) is 18.5 Å². The molecule has 1 rings (SSSR count). The van der Waals surface area contributed by atoms with Crippen LogP contribution >= 0.6 is 0 Å². The summed E-state index contributed by atoms with van der Waals surface area (Å²) >= 11 is 0. The first-order valence-electron chi connectivity index (χ1n) is 6.45. The lowest BCUT2D eigenvalue weighted by molar-refractivity contribution is -0.385. The Morgan fingerprint density at radius 1 is 1.41 bits per heavy atom. The van der Waals surface area contributed by atoms with Crippen molar-refractivity contribution in [3.8, 4) is 5.88 Å². The van der Waals surface area contributed by atoms with Gasteiger partial charge in [0.05, 0.1) is 12.0 Å². The molecule has 1 aromatic rings. The fraction of sp³-hybridized carbons (Fsp3) is 0.357. The van der Waals surface area contributed by atoms with Crippen LogP contribution in [-0.2, 0) is 15.6 Å². The van der Waals surface area contributed by atoms with Crippen molar-refractivity contribution >= 4 is 15.5 Å². The lowest BCUT2D eigenvalue weighted by Crippen LogP contribution is -2.06. The van der Waals surface area contributed by atoms with E-state index in [0.29, 0.717) is 0 Å². The number of unbranched alkanes of at least 4 members (excludes halogenated alkanes) is 1. The minimum absolute atomic E-state index is 0.116. The van der Waals surface area contributed by atoms with E-state index in [1.54, 1.807) is 0 Å². The average molecular weight is 328 g/mol. The summed E-state index contributed by atoms with van der Waals surface area (Å²) in [6.45, 7) is 8.82. The Kier molecular flexibility index (Phi) is 8.69. The second-order valence-electron chi connectivity index (χ2n) is 4.13. The molecular weight excluding hydrogens is 308 g/mol. The van der Waals surface area contributed by atoms with E-state index < -0.39 is 20.5 Å². The fourth-order valence-electron chi connectivity index (χ4n) is 1.31. The molecule has 0 unspecified atom stereocenters. The first-order valence-corrected chi connectivity index (χ1v) is 8.17. The number of hydrogen-bond acceptors (Lipinski definition) is 6. The van der Waals surface area contributed by atoms with Gasteiger partial charge in [0, 0.05) is 17.5 Å². The third-order valence-corrected chi connectivity index (χ3v) is 3.60. The number of hydrogen-bond donors (Lipinski definition) is 0. The summed E-state index contributed by atoms with van der Waals surface area (Å²) in [5.74, 6) is -0.464. The molecule has 0 N–H and O–H groups in total. The van der Waals surface area contributed by atoms with E-state index in [2.05, 4.69) is 25.1 Å². The predicted molar refractivity (Wildman–Crippen MR) is 85.4 cm³/mol. The first kappa shape index (κ1) is 19.8. The van der Waals surface area contributed by atoms with Gasteiger partial charge in [0.2, 0.25) is 5.88 Å². The van der Waals surface area contributed by atoms with Crippen molar-refractivity contribution in [2.45, 2.75) is 25.5 Å². The Morgan fingerprint density at radius 3 is 2.41 bits per heavy atom. The minimum atomic E-state index is -3.61. The van der Waals surface area contributed by atoms with Crippen molar-refractivity contribution in [3.63, 3.8) is 0 Å². The van der Waals surface area contributed by atoms with E-state index in [1.807, 2.05) is 6.08 Å². The van der Waals surface area contributed by atoms with Crippen molar-refractivity contribution in [3.05, 3.63) is 52.6 Å². The Balaban J connectivity index is 0.000000763. The Morgan fingerprint density at radius 2 is 2.05 bits per heavy atom. The molecule has 0 aliphatic carbocycles. The molecule has 1 aromatic heterocycles. The quantitative estimate of drug-likeness (QED) is 0.433. The summed E-state index contributed by atoms with van der Waals surface area (Å²) in [6, 6.07) is 2.45. The summed E-state index contributed by atoms with van der Waals surface area (Å²) in [5, 5.41) is 11.4.